The van der Waals surface area contributed by atoms with E-state index >= 15 is 0 Å². The van der Waals surface area contributed by atoms with E-state index in [-0.39, 0.29) is 11.5 Å². The van der Waals surface area contributed by atoms with Gasteiger partial charge in [-0.15, -0.1) is 0 Å². The smallest absolute Gasteiger partial charge is 0.329 e. The lowest BCUT2D eigenvalue weighted by molar-refractivity contribution is -0.161. The Hall–Kier alpha value is -3.10. The van der Waals surface area contributed by atoms with Crippen molar-refractivity contribution >= 4 is 23.8 Å². The molecule has 9 nitrogen and oxygen atoms in total. The number of rotatable bonds is 8. The molecular weight excluding hydrogens is 366 g/mol. The molecule has 1 rings (SSSR count). The van der Waals surface area contributed by atoms with Gasteiger partial charge in [-0.25, -0.2) is 9.59 Å². The van der Waals surface area contributed by atoms with Crippen molar-refractivity contribution in [1.82, 2.24) is 10.6 Å². The number of nitrogens with two attached hydrogens (primary N) is 1. The number of methoxy groups -OCH3 is 1. The van der Waals surface area contributed by atoms with Crippen molar-refractivity contribution < 1.29 is 28.7 Å². The standard InChI is InChI=1S/C19H27N3O6/c1-10(2)14(21-16(23)12-8-6-7-9-13(12)27-5)18(25)28-15(11(3)4)17(24)22-19(20)26/h6-11,14-15H,1-5H3,(H,21,23)(H3,20,22,24,26)/t14-,15-/m0/s1. The van der Waals surface area contributed by atoms with Gasteiger partial charge >= 0.3 is 12.0 Å². The first kappa shape index (κ1) is 22.9. The maximum absolute atomic E-state index is 12.6. The number of esters is 1. The first-order chi connectivity index (χ1) is 13.1. The van der Waals surface area contributed by atoms with Gasteiger partial charge < -0.3 is 20.5 Å². The minimum absolute atomic E-state index is 0.260. The molecule has 0 spiro atoms. The first-order valence-corrected chi connectivity index (χ1v) is 8.83. The minimum Gasteiger partial charge on any atom is -0.496 e. The summed E-state index contributed by atoms with van der Waals surface area (Å²) in [6.45, 7) is 6.75. The Morgan fingerprint density at radius 1 is 1.00 bits per heavy atom. The van der Waals surface area contributed by atoms with Crippen LogP contribution in [0.15, 0.2) is 24.3 Å². The average Bonchev–Trinajstić information content (AvgIpc) is 2.62. The van der Waals surface area contributed by atoms with E-state index in [1.165, 1.54) is 7.11 Å². The summed E-state index contributed by atoms with van der Waals surface area (Å²) < 4.78 is 10.4. The lowest BCUT2D eigenvalue weighted by Crippen LogP contribution is -2.50. The number of imide groups is 1. The molecule has 0 aromatic heterocycles. The van der Waals surface area contributed by atoms with Crippen LogP contribution in [0.2, 0.25) is 0 Å². The van der Waals surface area contributed by atoms with E-state index in [0.29, 0.717) is 5.75 Å². The molecule has 2 atom stereocenters. The first-order valence-electron chi connectivity index (χ1n) is 8.83. The molecule has 0 fully saturated rings. The molecule has 0 saturated heterocycles. The number of primary amides is 1. The normalized spacial score (nSPS) is 12.8. The maximum Gasteiger partial charge on any atom is 0.329 e. The summed E-state index contributed by atoms with van der Waals surface area (Å²) in [5.41, 5.74) is 5.21. The van der Waals surface area contributed by atoms with Crippen LogP contribution >= 0.6 is 0 Å². The molecule has 0 heterocycles. The number of urea groups is 1. The Balaban J connectivity index is 2.97. The quantitative estimate of drug-likeness (QED) is 0.568. The van der Waals surface area contributed by atoms with E-state index in [4.69, 9.17) is 15.2 Å². The summed E-state index contributed by atoms with van der Waals surface area (Å²) in [5.74, 6) is -2.52. The van der Waals surface area contributed by atoms with Crippen LogP contribution in [0.3, 0.4) is 0 Å². The van der Waals surface area contributed by atoms with Crippen molar-refractivity contribution in [3.63, 3.8) is 0 Å². The highest BCUT2D eigenvalue weighted by molar-refractivity contribution is 6.00. The third-order valence-electron chi connectivity index (χ3n) is 3.91. The third kappa shape index (κ3) is 6.26. The highest BCUT2D eigenvalue weighted by Crippen LogP contribution is 2.18. The maximum atomic E-state index is 12.6. The van der Waals surface area contributed by atoms with E-state index in [0.717, 1.165) is 0 Å². The van der Waals surface area contributed by atoms with E-state index in [1.54, 1.807) is 52.0 Å². The van der Waals surface area contributed by atoms with Crippen molar-refractivity contribution in [3.05, 3.63) is 29.8 Å². The van der Waals surface area contributed by atoms with Crippen molar-refractivity contribution in [2.75, 3.05) is 7.11 Å². The monoisotopic (exact) mass is 393 g/mol. The zero-order chi connectivity index (χ0) is 21.4. The Morgan fingerprint density at radius 2 is 1.61 bits per heavy atom. The number of amides is 4. The van der Waals surface area contributed by atoms with Gasteiger partial charge in [-0.3, -0.25) is 14.9 Å². The van der Waals surface area contributed by atoms with Crippen LogP contribution in [0.4, 0.5) is 4.79 Å². The van der Waals surface area contributed by atoms with Crippen LogP contribution < -0.4 is 21.1 Å². The molecule has 0 aliphatic heterocycles. The summed E-state index contributed by atoms with van der Waals surface area (Å²) in [6, 6.07) is 4.52. The molecule has 1 aromatic carbocycles. The third-order valence-corrected chi connectivity index (χ3v) is 3.91. The van der Waals surface area contributed by atoms with Crippen molar-refractivity contribution in [2.45, 2.75) is 39.8 Å². The minimum atomic E-state index is -1.23. The highest BCUT2D eigenvalue weighted by atomic mass is 16.6. The average molecular weight is 393 g/mol. The molecule has 0 bridgehead atoms. The Kier molecular flexibility index (Phi) is 8.43. The summed E-state index contributed by atoms with van der Waals surface area (Å²) >= 11 is 0. The van der Waals surface area contributed by atoms with Gasteiger partial charge in [0.25, 0.3) is 11.8 Å². The van der Waals surface area contributed by atoms with Gasteiger partial charge in [-0.1, -0.05) is 39.8 Å². The van der Waals surface area contributed by atoms with Crippen molar-refractivity contribution in [3.8, 4) is 5.75 Å². The number of benzene rings is 1. The predicted octanol–water partition coefficient (Wildman–Crippen LogP) is 1.21. The molecule has 28 heavy (non-hydrogen) atoms. The summed E-state index contributed by atoms with van der Waals surface area (Å²) in [6.07, 6.45) is -1.23. The number of carbonyl (C=O) groups is 4. The molecule has 1 aromatic rings. The summed E-state index contributed by atoms with van der Waals surface area (Å²) in [5, 5.41) is 4.51. The SMILES string of the molecule is COc1ccccc1C(=O)N[C@H](C(=O)O[C@H](C(=O)NC(N)=O)C(C)C)C(C)C. The van der Waals surface area contributed by atoms with Gasteiger partial charge in [0.1, 0.15) is 11.8 Å². The summed E-state index contributed by atoms with van der Waals surface area (Å²) in [7, 11) is 1.44. The second-order valence-electron chi connectivity index (χ2n) is 6.85. The van der Waals surface area contributed by atoms with Gasteiger partial charge in [-0.2, -0.15) is 0 Å². The van der Waals surface area contributed by atoms with Crippen molar-refractivity contribution in [2.24, 2.45) is 17.6 Å². The zero-order valence-electron chi connectivity index (χ0n) is 16.6. The van der Waals surface area contributed by atoms with Crippen LogP contribution in [0.1, 0.15) is 38.1 Å². The number of hydrogen-bond acceptors (Lipinski definition) is 6. The number of ether oxygens (including phenoxy) is 2. The van der Waals surface area contributed by atoms with Gasteiger partial charge in [0.2, 0.25) is 0 Å². The second-order valence-corrected chi connectivity index (χ2v) is 6.85. The number of carbonyl (C=O) groups excluding carboxylic acids is 4. The Morgan fingerprint density at radius 3 is 2.11 bits per heavy atom. The second kappa shape index (κ2) is 10.3. The number of hydrogen-bond donors (Lipinski definition) is 3. The Bertz CT molecular complexity index is 732. The molecule has 154 valence electrons. The van der Waals surface area contributed by atoms with Gasteiger partial charge in [0.05, 0.1) is 12.7 Å². The fourth-order valence-corrected chi connectivity index (χ4v) is 2.43. The van der Waals surface area contributed by atoms with E-state index in [9.17, 15) is 19.2 Å². The lowest BCUT2D eigenvalue weighted by atomic mass is 10.0. The van der Waals surface area contributed by atoms with E-state index < -0.39 is 41.9 Å². The van der Waals surface area contributed by atoms with Crippen LogP contribution in [0.5, 0.6) is 5.75 Å². The fraction of sp³-hybridized carbons (Fsp3) is 0.474. The van der Waals surface area contributed by atoms with Crippen LogP contribution in [-0.2, 0) is 14.3 Å². The van der Waals surface area contributed by atoms with E-state index in [2.05, 4.69) is 5.32 Å². The summed E-state index contributed by atoms with van der Waals surface area (Å²) in [4.78, 5) is 48.2. The highest BCUT2D eigenvalue weighted by Gasteiger charge is 2.33. The predicted molar refractivity (Wildman–Crippen MR) is 102 cm³/mol. The van der Waals surface area contributed by atoms with Gasteiger partial charge in [-0.05, 0) is 24.0 Å². The van der Waals surface area contributed by atoms with E-state index in [1.807, 2.05) is 5.32 Å². The van der Waals surface area contributed by atoms with Crippen molar-refractivity contribution in [1.29, 1.82) is 0 Å². The molecule has 0 aliphatic carbocycles. The number of para-hydroxylation sites is 1. The molecule has 0 unspecified atom stereocenters. The molecule has 0 radical (unpaired) electrons. The topological polar surface area (TPSA) is 137 Å². The molecule has 0 aliphatic rings. The number of nitrogens with one attached hydrogen (secondary N) is 2. The van der Waals surface area contributed by atoms with Gasteiger partial charge in [0.15, 0.2) is 6.10 Å². The van der Waals surface area contributed by atoms with Crippen LogP contribution in [0, 0.1) is 11.8 Å². The Labute approximate surface area is 163 Å². The van der Waals surface area contributed by atoms with Crippen LogP contribution in [-0.4, -0.2) is 43.1 Å². The molecular formula is C19H27N3O6. The fourth-order valence-electron chi connectivity index (χ4n) is 2.43. The largest absolute Gasteiger partial charge is 0.496 e. The molecule has 0 saturated carbocycles. The molecule has 4 amide bonds. The van der Waals surface area contributed by atoms with Gasteiger partial charge in [0, 0.05) is 0 Å². The lowest BCUT2D eigenvalue weighted by Gasteiger charge is -2.26. The zero-order valence-corrected chi connectivity index (χ0v) is 16.6. The molecule has 9 heteroatoms. The molecule has 4 N–H and O–H groups in total. The van der Waals surface area contributed by atoms with Crippen LogP contribution in [0.25, 0.3) is 0 Å².